The van der Waals surface area contributed by atoms with Gasteiger partial charge >= 0.3 is 0 Å². The van der Waals surface area contributed by atoms with Crippen LogP contribution >= 0.6 is 15.9 Å². The molecule has 0 aliphatic carbocycles. The Morgan fingerprint density at radius 1 is 1.12 bits per heavy atom. The van der Waals surface area contributed by atoms with Crippen molar-refractivity contribution in [3.63, 3.8) is 0 Å². The van der Waals surface area contributed by atoms with Crippen LogP contribution in [0.3, 0.4) is 0 Å². The van der Waals surface area contributed by atoms with Crippen LogP contribution in [0.5, 0.6) is 0 Å². The number of hydrogen-bond donors (Lipinski definition) is 4. The molecule has 0 aliphatic rings. The first kappa shape index (κ1) is 31.3. The Morgan fingerprint density at radius 2 is 1.83 bits per heavy atom. The number of anilines is 2. The van der Waals surface area contributed by atoms with Crippen LogP contribution in [0.2, 0.25) is 0 Å². The summed E-state index contributed by atoms with van der Waals surface area (Å²) in [4.78, 5) is 4.53. The van der Waals surface area contributed by atoms with Gasteiger partial charge in [0.15, 0.2) is 0 Å². The Labute approximate surface area is 254 Å². The molecular weight excluding hydrogens is 599 g/mol. The molecule has 9 nitrogen and oxygen atoms in total. The second-order valence-corrected chi connectivity index (χ2v) is 13.6. The summed E-state index contributed by atoms with van der Waals surface area (Å²) in [5.74, 6) is -0.339. The zero-order valence-corrected chi connectivity index (χ0v) is 26.4. The third-order valence-electron chi connectivity index (χ3n) is 6.47. The smallest absolute Gasteiger partial charge is 0.123 e. The molecule has 2 unspecified atom stereocenters. The first-order valence-corrected chi connectivity index (χ1v) is 14.6. The molecule has 4 aromatic rings. The van der Waals surface area contributed by atoms with Crippen molar-refractivity contribution >= 4 is 38.2 Å². The van der Waals surface area contributed by atoms with Crippen molar-refractivity contribution in [1.29, 1.82) is 5.26 Å². The SMILES string of the molecule is CC(C)(C)CNc1c(C#N)cnc2c(Br)cc(NC(c3ccc(F)cc3)c3cn(CC(O)CNC(C)(C)C)nn3)cc12. The van der Waals surface area contributed by atoms with Crippen LogP contribution in [0.25, 0.3) is 10.9 Å². The summed E-state index contributed by atoms with van der Waals surface area (Å²) in [6.07, 6.45) is 2.70. The van der Waals surface area contributed by atoms with E-state index in [4.69, 9.17) is 0 Å². The number of halogens is 2. The highest BCUT2D eigenvalue weighted by atomic mass is 79.9. The topological polar surface area (TPSA) is 124 Å². The third kappa shape index (κ3) is 8.25. The van der Waals surface area contributed by atoms with Crippen molar-refractivity contribution in [2.75, 3.05) is 23.7 Å². The Morgan fingerprint density at radius 3 is 2.48 bits per heavy atom. The zero-order chi connectivity index (χ0) is 30.7. The molecule has 0 fully saturated rings. The molecular formula is C31H38BrFN8O. The van der Waals surface area contributed by atoms with Gasteiger partial charge in [-0.15, -0.1) is 5.10 Å². The molecule has 2 heterocycles. The van der Waals surface area contributed by atoms with Gasteiger partial charge in [0.25, 0.3) is 0 Å². The first-order chi connectivity index (χ1) is 19.7. The summed E-state index contributed by atoms with van der Waals surface area (Å²) in [6.45, 7) is 13.8. The van der Waals surface area contributed by atoms with Crippen molar-refractivity contribution < 1.29 is 9.50 Å². The summed E-state index contributed by atoms with van der Waals surface area (Å²) in [5.41, 5.74) is 3.88. The highest BCUT2D eigenvalue weighted by molar-refractivity contribution is 9.10. The molecule has 0 saturated heterocycles. The lowest BCUT2D eigenvalue weighted by atomic mass is 9.96. The number of nitriles is 1. The van der Waals surface area contributed by atoms with E-state index in [9.17, 15) is 14.8 Å². The van der Waals surface area contributed by atoms with Crippen molar-refractivity contribution in [3.05, 3.63) is 75.9 Å². The van der Waals surface area contributed by atoms with E-state index < -0.39 is 12.1 Å². The molecule has 0 aliphatic heterocycles. The predicted molar refractivity (Wildman–Crippen MR) is 168 cm³/mol. The average Bonchev–Trinajstić information content (AvgIpc) is 3.37. The van der Waals surface area contributed by atoms with Gasteiger partial charge in [0, 0.05) is 40.4 Å². The normalized spacial score (nSPS) is 13.5. The molecule has 2 aromatic heterocycles. The summed E-state index contributed by atoms with van der Waals surface area (Å²) >= 11 is 3.66. The molecule has 4 rings (SSSR count). The minimum atomic E-state index is -0.659. The van der Waals surface area contributed by atoms with E-state index in [2.05, 4.69) is 74.0 Å². The van der Waals surface area contributed by atoms with Crippen LogP contribution < -0.4 is 16.0 Å². The first-order valence-electron chi connectivity index (χ1n) is 13.8. The van der Waals surface area contributed by atoms with E-state index in [0.717, 1.165) is 26.6 Å². The number of pyridine rings is 1. The fourth-order valence-corrected chi connectivity index (χ4v) is 4.92. The summed E-state index contributed by atoms with van der Waals surface area (Å²) in [6, 6.07) is 11.9. The number of fused-ring (bicyclic) bond motifs is 1. The number of nitrogens with one attached hydrogen (secondary N) is 3. The summed E-state index contributed by atoms with van der Waals surface area (Å²) in [7, 11) is 0. The highest BCUT2D eigenvalue weighted by Crippen LogP contribution is 2.36. The fraction of sp³-hybridized carbons (Fsp3) is 0.419. The Balaban J connectivity index is 1.70. The lowest BCUT2D eigenvalue weighted by molar-refractivity contribution is 0.137. The van der Waals surface area contributed by atoms with E-state index in [0.29, 0.717) is 30.0 Å². The number of aliphatic hydroxyl groups excluding tert-OH is 1. The lowest BCUT2D eigenvalue weighted by Gasteiger charge is -2.23. The van der Waals surface area contributed by atoms with Crippen LogP contribution in [0.15, 0.2) is 53.3 Å². The Bertz CT molecular complexity index is 1570. The van der Waals surface area contributed by atoms with E-state index in [1.807, 2.05) is 32.9 Å². The van der Waals surface area contributed by atoms with Gasteiger partial charge in [-0.25, -0.2) is 9.07 Å². The minimum Gasteiger partial charge on any atom is -0.390 e. The molecule has 0 bridgehead atoms. The number of benzene rings is 2. The maximum Gasteiger partial charge on any atom is 0.123 e. The number of aromatic nitrogens is 4. The van der Waals surface area contributed by atoms with Gasteiger partial charge in [0.05, 0.1) is 41.7 Å². The molecule has 11 heteroatoms. The number of aliphatic hydroxyl groups is 1. The standard InChI is InChI=1S/C31H38BrFN8O/c1-30(2,3)18-36-27-20(13-34)14-35-29-24(27)11-22(12-25(29)32)38-28(19-7-9-21(33)10-8-19)26-17-41(40-39-26)16-23(42)15-37-31(4,5)6/h7-12,14,17,23,28,37-38,42H,15-16,18H2,1-6H3,(H,35,36). The van der Waals surface area contributed by atoms with E-state index in [1.54, 1.807) is 29.2 Å². The van der Waals surface area contributed by atoms with Gasteiger partial charge in [-0.2, -0.15) is 5.26 Å². The quantitative estimate of drug-likeness (QED) is 0.167. The van der Waals surface area contributed by atoms with Gasteiger partial charge in [-0.1, -0.05) is 38.1 Å². The Hall–Kier alpha value is -3.59. The van der Waals surface area contributed by atoms with Gasteiger partial charge in [-0.3, -0.25) is 4.98 Å². The fourth-order valence-electron chi connectivity index (χ4n) is 4.36. The van der Waals surface area contributed by atoms with E-state index in [1.165, 1.54) is 12.1 Å². The number of rotatable bonds is 10. The van der Waals surface area contributed by atoms with Crippen molar-refractivity contribution in [1.82, 2.24) is 25.3 Å². The molecule has 2 aromatic carbocycles. The van der Waals surface area contributed by atoms with Gasteiger partial charge in [0.2, 0.25) is 0 Å². The molecule has 0 amide bonds. The van der Waals surface area contributed by atoms with Crippen molar-refractivity contribution in [2.24, 2.45) is 5.41 Å². The van der Waals surface area contributed by atoms with Crippen LogP contribution in [0.4, 0.5) is 15.8 Å². The minimum absolute atomic E-state index is 0.00863. The summed E-state index contributed by atoms with van der Waals surface area (Å²) < 4.78 is 16.2. The molecule has 0 saturated carbocycles. The average molecular weight is 638 g/mol. The maximum atomic E-state index is 13.9. The highest BCUT2D eigenvalue weighted by Gasteiger charge is 2.22. The van der Waals surface area contributed by atoms with Crippen LogP contribution in [-0.2, 0) is 6.54 Å². The molecule has 4 N–H and O–H groups in total. The number of nitrogens with zero attached hydrogens (tertiary/aromatic N) is 5. The summed E-state index contributed by atoms with van der Waals surface area (Å²) in [5, 5.41) is 40.1. The van der Waals surface area contributed by atoms with Crippen LogP contribution in [-0.4, -0.2) is 49.8 Å². The van der Waals surface area contributed by atoms with Gasteiger partial charge in [0.1, 0.15) is 17.6 Å². The second-order valence-electron chi connectivity index (χ2n) is 12.7. The second kappa shape index (κ2) is 12.7. The van der Waals surface area contributed by atoms with Gasteiger partial charge < -0.3 is 21.1 Å². The molecule has 0 spiro atoms. The van der Waals surface area contributed by atoms with E-state index >= 15 is 0 Å². The largest absolute Gasteiger partial charge is 0.390 e. The van der Waals surface area contributed by atoms with Crippen LogP contribution in [0.1, 0.15) is 64.4 Å². The van der Waals surface area contributed by atoms with Crippen molar-refractivity contribution in [3.8, 4) is 6.07 Å². The molecule has 2 atom stereocenters. The molecule has 222 valence electrons. The molecule has 42 heavy (non-hydrogen) atoms. The number of β-amino-alcohol motifs (C(OH)–C–C–N with tert-alkyl or cyclic N) is 1. The van der Waals surface area contributed by atoms with E-state index in [-0.39, 0.29) is 23.3 Å². The zero-order valence-electron chi connectivity index (χ0n) is 24.8. The van der Waals surface area contributed by atoms with Gasteiger partial charge in [-0.05, 0) is 71.9 Å². The predicted octanol–water partition coefficient (Wildman–Crippen LogP) is 6.01. The number of hydrogen-bond acceptors (Lipinski definition) is 8. The maximum absolute atomic E-state index is 13.9. The van der Waals surface area contributed by atoms with Crippen LogP contribution in [0, 0.1) is 22.6 Å². The lowest BCUT2D eigenvalue weighted by Crippen LogP contribution is -2.42. The monoisotopic (exact) mass is 636 g/mol. The van der Waals surface area contributed by atoms with Crippen molar-refractivity contribution in [2.45, 2.75) is 65.8 Å². The third-order valence-corrected chi connectivity index (χ3v) is 7.08. The molecule has 0 radical (unpaired) electrons. The Kier molecular flexibility index (Phi) is 9.50.